The van der Waals surface area contributed by atoms with Crippen molar-refractivity contribution in [2.24, 2.45) is 17.3 Å². The zero-order valence-corrected chi connectivity index (χ0v) is 8.80. The zero-order valence-electron chi connectivity index (χ0n) is 8.80. The van der Waals surface area contributed by atoms with Crippen LogP contribution in [0.1, 0.15) is 26.7 Å². The number of hydrogen-bond donors (Lipinski definition) is 0. The van der Waals surface area contributed by atoms with Crippen molar-refractivity contribution in [1.29, 1.82) is 0 Å². The Labute approximate surface area is 94.0 Å². The fraction of sp³-hybridized carbons (Fsp3) is 0.583. The van der Waals surface area contributed by atoms with E-state index in [0.29, 0.717) is 5.41 Å². The molecule has 0 heterocycles. The van der Waals surface area contributed by atoms with Crippen molar-refractivity contribution in [3.63, 3.8) is 0 Å². The molecule has 0 saturated heterocycles. The summed E-state index contributed by atoms with van der Waals surface area (Å²) in [5.74, 6) is 5.14. The fourth-order valence-corrected chi connectivity index (χ4v) is 3.15. The Morgan fingerprint density at radius 3 is 2.77 bits per heavy atom. The maximum absolute atomic E-state index is 2.43. The van der Waals surface area contributed by atoms with E-state index < -0.39 is 0 Å². The number of hydrogen-bond acceptors (Lipinski definition) is 0. The predicted octanol–water partition coefficient (Wildman–Crippen LogP) is -0.168. The molecule has 0 N–H and O–H groups in total. The topological polar surface area (TPSA) is 0 Å². The molecule has 0 aromatic rings. The molecule has 0 nitrogen and oxygen atoms in total. The molecule has 4 rings (SSSR count). The molecule has 13 heavy (non-hydrogen) atoms. The SMILES string of the molecule is CC1(C)[C@H]2C[C]3[CH][CH][CH][C]3[C@@H]1C2.[Li+]. The van der Waals surface area contributed by atoms with E-state index in [0.717, 1.165) is 11.8 Å². The maximum atomic E-state index is 2.43. The molecule has 2 bridgehead atoms. The molecule has 0 unspecified atom stereocenters. The fourth-order valence-electron chi connectivity index (χ4n) is 3.15. The van der Waals surface area contributed by atoms with Crippen LogP contribution in [0.2, 0.25) is 0 Å². The van der Waals surface area contributed by atoms with Gasteiger partial charge < -0.3 is 0 Å². The van der Waals surface area contributed by atoms with Crippen molar-refractivity contribution in [3.8, 4) is 0 Å². The Morgan fingerprint density at radius 2 is 2.08 bits per heavy atom. The molecule has 0 aromatic heterocycles. The second-order valence-electron chi connectivity index (χ2n) is 5.02. The van der Waals surface area contributed by atoms with Gasteiger partial charge in [0.2, 0.25) is 0 Å². The summed E-state index contributed by atoms with van der Waals surface area (Å²) in [6.45, 7) is 4.86. The van der Waals surface area contributed by atoms with Crippen LogP contribution in [0, 0.1) is 48.3 Å². The third kappa shape index (κ3) is 1.18. The van der Waals surface area contributed by atoms with Crippen LogP contribution in [0.4, 0.5) is 0 Å². The van der Waals surface area contributed by atoms with Gasteiger partial charge in [0.25, 0.3) is 0 Å². The van der Waals surface area contributed by atoms with Crippen molar-refractivity contribution < 1.29 is 18.9 Å². The Morgan fingerprint density at radius 1 is 1.31 bits per heavy atom. The van der Waals surface area contributed by atoms with Crippen molar-refractivity contribution in [1.82, 2.24) is 0 Å². The Bertz CT molecular complexity index is 209. The Balaban J connectivity index is 0.000000653. The van der Waals surface area contributed by atoms with Gasteiger partial charge in [-0.3, -0.25) is 0 Å². The molecular formula is C12H15Li+. The molecule has 0 aromatic carbocycles. The van der Waals surface area contributed by atoms with E-state index >= 15 is 0 Å². The summed E-state index contributed by atoms with van der Waals surface area (Å²) in [5.41, 5.74) is 0.599. The monoisotopic (exact) mass is 166 g/mol. The molecule has 0 amide bonds. The van der Waals surface area contributed by atoms with E-state index in [4.69, 9.17) is 0 Å². The quantitative estimate of drug-likeness (QED) is 0.438. The molecule has 4 fully saturated rings. The third-order valence-electron chi connectivity index (χ3n) is 4.26. The first-order valence-corrected chi connectivity index (χ1v) is 4.94. The summed E-state index contributed by atoms with van der Waals surface area (Å²) in [6.07, 6.45) is 9.65. The van der Waals surface area contributed by atoms with E-state index in [1.165, 1.54) is 12.8 Å². The van der Waals surface area contributed by atoms with E-state index in [2.05, 4.69) is 33.1 Å². The van der Waals surface area contributed by atoms with Gasteiger partial charge in [-0.15, -0.1) is 0 Å². The normalized spacial score (nSPS) is 42.0. The van der Waals surface area contributed by atoms with Crippen molar-refractivity contribution in [3.05, 3.63) is 31.1 Å². The zero-order chi connectivity index (χ0) is 8.34. The van der Waals surface area contributed by atoms with Crippen molar-refractivity contribution >= 4 is 0 Å². The van der Waals surface area contributed by atoms with Gasteiger partial charge in [-0.2, -0.15) is 0 Å². The van der Waals surface area contributed by atoms with Gasteiger partial charge in [0.1, 0.15) is 0 Å². The van der Waals surface area contributed by atoms with Gasteiger partial charge in [-0.25, -0.2) is 0 Å². The summed E-state index contributed by atoms with van der Waals surface area (Å²) < 4.78 is 0. The Hall–Kier alpha value is 0.597. The van der Waals surface area contributed by atoms with Gasteiger partial charge >= 0.3 is 18.9 Å². The molecular weight excluding hydrogens is 151 g/mol. The molecule has 5 radical (unpaired) electrons. The van der Waals surface area contributed by atoms with Gasteiger partial charge in [-0.1, -0.05) is 13.8 Å². The van der Waals surface area contributed by atoms with E-state index in [1.54, 1.807) is 11.8 Å². The van der Waals surface area contributed by atoms with E-state index in [9.17, 15) is 0 Å². The molecule has 2 atom stereocenters. The van der Waals surface area contributed by atoms with Crippen LogP contribution >= 0.6 is 0 Å². The molecule has 0 aliphatic heterocycles. The largest absolute Gasteiger partial charge is 1.00 e. The van der Waals surface area contributed by atoms with E-state index in [1.807, 2.05) is 0 Å². The second kappa shape index (κ2) is 3.04. The summed E-state index contributed by atoms with van der Waals surface area (Å²) in [4.78, 5) is 0. The average Bonchev–Trinajstić information content (AvgIpc) is 2.49. The number of rotatable bonds is 0. The van der Waals surface area contributed by atoms with Crippen LogP contribution < -0.4 is 18.9 Å². The van der Waals surface area contributed by atoms with Crippen LogP contribution in [-0.2, 0) is 0 Å². The van der Waals surface area contributed by atoms with Crippen LogP contribution in [0.15, 0.2) is 0 Å². The second-order valence-corrected chi connectivity index (χ2v) is 5.02. The Kier molecular flexibility index (Phi) is 2.37. The van der Waals surface area contributed by atoms with Crippen LogP contribution in [0.25, 0.3) is 0 Å². The minimum Gasteiger partial charge on any atom is -0.0594 e. The average molecular weight is 166 g/mol. The van der Waals surface area contributed by atoms with Crippen LogP contribution in [0.5, 0.6) is 0 Å². The van der Waals surface area contributed by atoms with Crippen LogP contribution in [-0.4, -0.2) is 0 Å². The van der Waals surface area contributed by atoms with Crippen LogP contribution in [0.3, 0.4) is 0 Å². The first-order chi connectivity index (χ1) is 5.69. The summed E-state index contributed by atoms with van der Waals surface area (Å²) in [6, 6.07) is 0. The molecule has 4 aliphatic carbocycles. The third-order valence-corrected chi connectivity index (χ3v) is 4.26. The molecule has 0 spiro atoms. The standard InChI is InChI=1S/C12H15.Li/c1-12(2)9-6-8-4-3-5-10(8)11(12)7-9;/h3-5,9,11H,6-7H2,1-2H3;/q;+1/t9-,11-;/m0./s1. The molecule has 4 aliphatic rings. The maximum Gasteiger partial charge on any atom is 1.00 e. The summed E-state index contributed by atoms with van der Waals surface area (Å²) in [7, 11) is 0. The summed E-state index contributed by atoms with van der Waals surface area (Å²) in [5, 5.41) is 0. The van der Waals surface area contributed by atoms with Gasteiger partial charge in [0.05, 0.1) is 0 Å². The van der Waals surface area contributed by atoms with Gasteiger partial charge in [0, 0.05) is 0 Å². The van der Waals surface area contributed by atoms with E-state index in [-0.39, 0.29) is 18.9 Å². The predicted molar refractivity (Wildman–Crippen MR) is 49.4 cm³/mol. The first-order valence-electron chi connectivity index (χ1n) is 4.94. The van der Waals surface area contributed by atoms with Gasteiger partial charge in [-0.05, 0) is 61.2 Å². The van der Waals surface area contributed by atoms with Crippen molar-refractivity contribution in [2.45, 2.75) is 26.7 Å². The first kappa shape index (κ1) is 10.1. The molecule has 63 valence electrons. The smallest absolute Gasteiger partial charge is 0.0594 e. The molecule has 4 saturated carbocycles. The minimum absolute atomic E-state index is 0. The summed E-state index contributed by atoms with van der Waals surface area (Å²) >= 11 is 0. The van der Waals surface area contributed by atoms with Crippen molar-refractivity contribution in [2.75, 3.05) is 0 Å². The van der Waals surface area contributed by atoms with Gasteiger partial charge in [0.15, 0.2) is 0 Å². The minimum atomic E-state index is 0. The molecule has 1 heteroatoms.